The standard InChI is InChI=1S/C18H18O/c1-19-18(17-13-6-3-7-14-17)15-9-8-12-16-10-4-2-5-11-16/h2-11,13-15H,12H2,1H3/b9-8+,18-15-. The molecule has 2 rings (SSSR count). The van der Waals surface area contributed by atoms with Crippen LogP contribution in [0.3, 0.4) is 0 Å². The molecule has 0 aromatic heterocycles. The number of allylic oxidation sites excluding steroid dienone is 3. The minimum atomic E-state index is 0.880. The first-order valence-corrected chi connectivity index (χ1v) is 6.40. The first kappa shape index (κ1) is 13.2. The summed E-state index contributed by atoms with van der Waals surface area (Å²) in [6.07, 6.45) is 7.11. The molecule has 0 aliphatic rings. The summed E-state index contributed by atoms with van der Waals surface area (Å²) in [7, 11) is 1.70. The van der Waals surface area contributed by atoms with Crippen molar-refractivity contribution >= 4 is 5.76 Å². The lowest BCUT2D eigenvalue weighted by Gasteiger charge is -2.04. The van der Waals surface area contributed by atoms with Crippen LogP contribution in [0.5, 0.6) is 0 Å². The van der Waals surface area contributed by atoms with E-state index in [1.807, 2.05) is 48.6 Å². The van der Waals surface area contributed by atoms with Crippen molar-refractivity contribution in [2.24, 2.45) is 0 Å². The van der Waals surface area contributed by atoms with E-state index >= 15 is 0 Å². The van der Waals surface area contributed by atoms with Crippen LogP contribution >= 0.6 is 0 Å². The molecule has 0 aliphatic heterocycles. The summed E-state index contributed by atoms with van der Waals surface area (Å²) in [5.41, 5.74) is 2.40. The minimum absolute atomic E-state index is 0.880. The number of methoxy groups -OCH3 is 1. The predicted molar refractivity (Wildman–Crippen MR) is 80.7 cm³/mol. The number of benzene rings is 2. The minimum Gasteiger partial charge on any atom is -0.496 e. The van der Waals surface area contributed by atoms with Crippen molar-refractivity contribution in [3.63, 3.8) is 0 Å². The van der Waals surface area contributed by atoms with E-state index in [1.54, 1.807) is 7.11 Å². The topological polar surface area (TPSA) is 9.23 Å². The Kier molecular flexibility index (Phi) is 5.00. The van der Waals surface area contributed by atoms with Crippen LogP contribution in [0.25, 0.3) is 5.76 Å². The van der Waals surface area contributed by atoms with E-state index in [1.165, 1.54) is 5.56 Å². The largest absolute Gasteiger partial charge is 0.496 e. The fourth-order valence-corrected chi connectivity index (χ4v) is 1.86. The molecule has 0 fully saturated rings. The lowest BCUT2D eigenvalue weighted by atomic mass is 10.1. The molecule has 0 bridgehead atoms. The Morgan fingerprint density at radius 2 is 1.58 bits per heavy atom. The Hall–Kier alpha value is -2.28. The van der Waals surface area contributed by atoms with Gasteiger partial charge in [-0.3, -0.25) is 0 Å². The maximum atomic E-state index is 5.40. The van der Waals surface area contributed by atoms with E-state index in [9.17, 15) is 0 Å². The van der Waals surface area contributed by atoms with Gasteiger partial charge in [-0.1, -0.05) is 72.8 Å². The summed E-state index contributed by atoms with van der Waals surface area (Å²) in [5, 5.41) is 0. The molecule has 0 amide bonds. The van der Waals surface area contributed by atoms with Crippen molar-refractivity contribution in [2.75, 3.05) is 7.11 Å². The summed E-state index contributed by atoms with van der Waals surface area (Å²) in [5.74, 6) is 0.880. The molecule has 0 saturated carbocycles. The third-order valence-electron chi connectivity index (χ3n) is 2.86. The predicted octanol–water partition coefficient (Wildman–Crippen LogP) is 4.47. The zero-order chi connectivity index (χ0) is 13.3. The molecule has 0 unspecified atom stereocenters. The number of hydrogen-bond donors (Lipinski definition) is 0. The molecule has 0 saturated heterocycles. The third kappa shape index (κ3) is 4.14. The van der Waals surface area contributed by atoms with Crippen molar-refractivity contribution in [1.29, 1.82) is 0 Å². The fourth-order valence-electron chi connectivity index (χ4n) is 1.86. The summed E-state index contributed by atoms with van der Waals surface area (Å²) < 4.78 is 5.40. The molecule has 0 atom stereocenters. The van der Waals surface area contributed by atoms with Gasteiger partial charge in [-0.05, 0) is 18.1 Å². The second-order valence-corrected chi connectivity index (χ2v) is 4.22. The van der Waals surface area contributed by atoms with E-state index in [2.05, 4.69) is 30.3 Å². The zero-order valence-corrected chi connectivity index (χ0v) is 11.1. The van der Waals surface area contributed by atoms with Gasteiger partial charge in [0.15, 0.2) is 0 Å². The van der Waals surface area contributed by atoms with Gasteiger partial charge in [-0.2, -0.15) is 0 Å². The lowest BCUT2D eigenvalue weighted by Crippen LogP contribution is -1.85. The smallest absolute Gasteiger partial charge is 0.126 e. The third-order valence-corrected chi connectivity index (χ3v) is 2.86. The monoisotopic (exact) mass is 250 g/mol. The van der Waals surface area contributed by atoms with E-state index in [0.29, 0.717) is 0 Å². The Morgan fingerprint density at radius 3 is 2.21 bits per heavy atom. The molecule has 2 aromatic rings. The van der Waals surface area contributed by atoms with Gasteiger partial charge < -0.3 is 4.74 Å². The van der Waals surface area contributed by atoms with Crippen LogP contribution in [0.15, 0.2) is 78.9 Å². The summed E-state index contributed by atoms with van der Waals surface area (Å²) in [4.78, 5) is 0. The molecule has 0 radical (unpaired) electrons. The van der Waals surface area contributed by atoms with Crippen LogP contribution < -0.4 is 0 Å². The maximum Gasteiger partial charge on any atom is 0.126 e. The molecule has 19 heavy (non-hydrogen) atoms. The highest BCUT2D eigenvalue weighted by Crippen LogP contribution is 2.14. The van der Waals surface area contributed by atoms with Crippen LogP contribution in [-0.4, -0.2) is 7.11 Å². The molecule has 1 heteroatoms. The molecule has 0 spiro atoms. The highest BCUT2D eigenvalue weighted by atomic mass is 16.5. The Balaban J connectivity index is 2.00. The molecule has 0 aliphatic carbocycles. The van der Waals surface area contributed by atoms with Gasteiger partial charge in [0, 0.05) is 5.56 Å². The van der Waals surface area contributed by atoms with Crippen molar-refractivity contribution in [3.8, 4) is 0 Å². The van der Waals surface area contributed by atoms with Crippen LogP contribution in [-0.2, 0) is 11.2 Å². The van der Waals surface area contributed by atoms with E-state index < -0.39 is 0 Å². The number of hydrogen-bond acceptors (Lipinski definition) is 1. The Bertz CT molecular complexity index is 538. The van der Waals surface area contributed by atoms with Gasteiger partial charge in [0.05, 0.1) is 7.11 Å². The van der Waals surface area contributed by atoms with E-state index in [-0.39, 0.29) is 0 Å². The quantitative estimate of drug-likeness (QED) is 0.562. The second kappa shape index (κ2) is 7.22. The summed E-state index contributed by atoms with van der Waals surface area (Å²) >= 11 is 0. The molecule has 96 valence electrons. The maximum absolute atomic E-state index is 5.40. The normalized spacial score (nSPS) is 11.7. The lowest BCUT2D eigenvalue weighted by molar-refractivity contribution is 0.370. The summed E-state index contributed by atoms with van der Waals surface area (Å²) in [6, 6.07) is 20.5. The van der Waals surface area contributed by atoms with Crippen LogP contribution in [0.1, 0.15) is 11.1 Å². The SMILES string of the molecule is CO/C(=C\C=C\Cc1ccccc1)c1ccccc1. The van der Waals surface area contributed by atoms with Gasteiger partial charge in [0.2, 0.25) is 0 Å². The highest BCUT2D eigenvalue weighted by molar-refractivity contribution is 5.61. The van der Waals surface area contributed by atoms with Crippen LogP contribution in [0, 0.1) is 0 Å². The first-order valence-electron chi connectivity index (χ1n) is 6.40. The fraction of sp³-hybridized carbons (Fsp3) is 0.111. The van der Waals surface area contributed by atoms with Gasteiger partial charge in [0.25, 0.3) is 0 Å². The van der Waals surface area contributed by atoms with Gasteiger partial charge in [0.1, 0.15) is 5.76 Å². The van der Waals surface area contributed by atoms with Gasteiger partial charge >= 0.3 is 0 Å². The molecule has 1 nitrogen and oxygen atoms in total. The van der Waals surface area contributed by atoms with Crippen LogP contribution in [0.4, 0.5) is 0 Å². The van der Waals surface area contributed by atoms with E-state index in [0.717, 1.165) is 17.7 Å². The Labute approximate surface area is 114 Å². The molecule has 0 N–H and O–H groups in total. The zero-order valence-electron chi connectivity index (χ0n) is 11.1. The van der Waals surface area contributed by atoms with Crippen molar-refractivity contribution in [3.05, 3.63) is 90.0 Å². The second-order valence-electron chi connectivity index (χ2n) is 4.22. The first-order chi connectivity index (χ1) is 9.40. The molecule has 2 aromatic carbocycles. The average Bonchev–Trinajstić information content (AvgIpc) is 2.49. The summed E-state index contributed by atoms with van der Waals surface area (Å²) in [6.45, 7) is 0. The highest BCUT2D eigenvalue weighted by Gasteiger charge is 1.97. The Morgan fingerprint density at radius 1 is 0.947 bits per heavy atom. The van der Waals surface area contributed by atoms with Crippen LogP contribution in [0.2, 0.25) is 0 Å². The van der Waals surface area contributed by atoms with E-state index in [4.69, 9.17) is 4.74 Å². The van der Waals surface area contributed by atoms with Crippen molar-refractivity contribution in [2.45, 2.75) is 6.42 Å². The number of ether oxygens (including phenoxy) is 1. The molecule has 0 heterocycles. The average molecular weight is 250 g/mol. The molecular formula is C18H18O. The molecular weight excluding hydrogens is 232 g/mol. The van der Waals surface area contributed by atoms with Crippen molar-refractivity contribution < 1.29 is 4.74 Å². The van der Waals surface area contributed by atoms with Gasteiger partial charge in [-0.15, -0.1) is 0 Å². The number of rotatable bonds is 5. The van der Waals surface area contributed by atoms with Gasteiger partial charge in [-0.25, -0.2) is 0 Å². The van der Waals surface area contributed by atoms with Crippen molar-refractivity contribution in [1.82, 2.24) is 0 Å².